The maximum absolute atomic E-state index is 13.6. The van der Waals surface area contributed by atoms with Crippen molar-refractivity contribution in [2.75, 3.05) is 19.6 Å². The summed E-state index contributed by atoms with van der Waals surface area (Å²) >= 11 is 0. The molecule has 0 spiro atoms. The molecule has 1 fully saturated rings. The van der Waals surface area contributed by atoms with E-state index in [0.717, 1.165) is 29.0 Å². The van der Waals surface area contributed by atoms with E-state index in [0.29, 0.717) is 13.1 Å². The first-order valence-electron chi connectivity index (χ1n) is 8.81. The number of para-hydroxylation sites is 2. The van der Waals surface area contributed by atoms with Crippen molar-refractivity contribution >= 4 is 41.8 Å². The number of rotatable bonds is 3. The quantitative estimate of drug-likeness (QED) is 0.699. The van der Waals surface area contributed by atoms with Crippen LogP contribution in [-0.2, 0) is 11.3 Å². The highest BCUT2D eigenvalue weighted by atomic mass is 35.5. The lowest BCUT2D eigenvalue weighted by Gasteiger charge is -2.36. The Hall–Kier alpha value is -2.15. The zero-order valence-electron chi connectivity index (χ0n) is 15.5. The number of carbonyl (C=O) groups excluding carboxylic acids is 1. The topological polar surface area (TPSA) is 50.2 Å². The van der Waals surface area contributed by atoms with Crippen molar-refractivity contribution < 1.29 is 9.18 Å². The standard InChI is InChI=1S/C20H21FN4O.2ClH/c1-14-23-17-7-2-3-8-18(17)25(14)13-20(26)24-10-9-22-12-19(24)15-5-4-6-16(21)11-15;;/h2-8,11,19,22H,9-10,12-13H2,1H3;2*1H. The second-order valence-electron chi connectivity index (χ2n) is 6.60. The fraction of sp³-hybridized carbons (Fsp3) is 0.300. The van der Waals surface area contributed by atoms with Crippen LogP contribution in [-0.4, -0.2) is 40.0 Å². The van der Waals surface area contributed by atoms with E-state index in [4.69, 9.17) is 0 Å². The Morgan fingerprint density at radius 1 is 1.21 bits per heavy atom. The molecule has 4 rings (SSSR count). The Balaban J connectivity index is 0.00000140. The van der Waals surface area contributed by atoms with Gasteiger partial charge in [-0.3, -0.25) is 4.79 Å². The maximum Gasteiger partial charge on any atom is 0.243 e. The second kappa shape index (κ2) is 9.37. The maximum atomic E-state index is 13.6. The summed E-state index contributed by atoms with van der Waals surface area (Å²) in [6.45, 7) is 4.11. The second-order valence-corrected chi connectivity index (χ2v) is 6.60. The zero-order valence-corrected chi connectivity index (χ0v) is 17.1. The molecule has 150 valence electrons. The average molecular weight is 425 g/mol. The van der Waals surface area contributed by atoms with E-state index in [-0.39, 0.29) is 49.1 Å². The number of carbonyl (C=O) groups is 1. The Morgan fingerprint density at radius 3 is 2.79 bits per heavy atom. The molecule has 1 unspecified atom stereocenters. The van der Waals surface area contributed by atoms with Crippen LogP contribution >= 0.6 is 24.8 Å². The minimum absolute atomic E-state index is 0. The molecule has 1 aliphatic rings. The molecule has 28 heavy (non-hydrogen) atoms. The lowest BCUT2D eigenvalue weighted by molar-refractivity contribution is -0.135. The van der Waals surface area contributed by atoms with Gasteiger partial charge in [-0.1, -0.05) is 24.3 Å². The molecule has 0 radical (unpaired) electrons. The van der Waals surface area contributed by atoms with Gasteiger partial charge in [0.15, 0.2) is 0 Å². The molecule has 0 bridgehead atoms. The molecule has 1 N–H and O–H groups in total. The van der Waals surface area contributed by atoms with Gasteiger partial charge >= 0.3 is 0 Å². The van der Waals surface area contributed by atoms with E-state index in [9.17, 15) is 9.18 Å². The van der Waals surface area contributed by atoms with E-state index in [1.165, 1.54) is 12.1 Å². The highest BCUT2D eigenvalue weighted by Crippen LogP contribution is 2.24. The molecule has 0 aliphatic carbocycles. The van der Waals surface area contributed by atoms with Crippen LogP contribution in [0.3, 0.4) is 0 Å². The molecule has 1 aromatic heterocycles. The summed E-state index contributed by atoms with van der Waals surface area (Å²) in [6.07, 6.45) is 0. The fourth-order valence-corrected chi connectivity index (χ4v) is 3.64. The van der Waals surface area contributed by atoms with E-state index in [1.807, 2.05) is 46.7 Å². The van der Waals surface area contributed by atoms with Crippen LogP contribution in [0.4, 0.5) is 4.39 Å². The Labute approximate surface area is 175 Å². The van der Waals surface area contributed by atoms with Crippen LogP contribution in [0.15, 0.2) is 48.5 Å². The van der Waals surface area contributed by atoms with E-state index < -0.39 is 0 Å². The van der Waals surface area contributed by atoms with Crippen molar-refractivity contribution in [2.45, 2.75) is 19.5 Å². The Bertz CT molecular complexity index is 962. The number of imidazole rings is 1. The molecule has 1 aliphatic heterocycles. The molecule has 1 atom stereocenters. The van der Waals surface area contributed by atoms with Crippen molar-refractivity contribution in [1.82, 2.24) is 19.8 Å². The number of amides is 1. The number of nitrogens with one attached hydrogen (secondary N) is 1. The highest BCUT2D eigenvalue weighted by Gasteiger charge is 2.28. The molecule has 1 saturated heterocycles. The van der Waals surface area contributed by atoms with Gasteiger partial charge in [-0.05, 0) is 36.8 Å². The predicted molar refractivity (Wildman–Crippen MR) is 113 cm³/mol. The van der Waals surface area contributed by atoms with Gasteiger partial charge in [0.1, 0.15) is 18.2 Å². The van der Waals surface area contributed by atoms with Crippen LogP contribution in [0.25, 0.3) is 11.0 Å². The first-order chi connectivity index (χ1) is 12.6. The highest BCUT2D eigenvalue weighted by molar-refractivity contribution is 5.85. The Morgan fingerprint density at radius 2 is 2.00 bits per heavy atom. The number of hydrogen-bond donors (Lipinski definition) is 1. The third-order valence-corrected chi connectivity index (χ3v) is 4.94. The summed E-state index contributed by atoms with van der Waals surface area (Å²) in [7, 11) is 0. The molecule has 1 amide bonds. The van der Waals surface area contributed by atoms with Gasteiger partial charge in [-0.15, -0.1) is 24.8 Å². The van der Waals surface area contributed by atoms with Crippen molar-refractivity contribution in [3.8, 4) is 0 Å². The number of aromatic nitrogens is 2. The molecule has 5 nitrogen and oxygen atoms in total. The zero-order chi connectivity index (χ0) is 18.1. The number of benzene rings is 2. The van der Waals surface area contributed by atoms with Gasteiger partial charge in [0.05, 0.1) is 17.1 Å². The van der Waals surface area contributed by atoms with E-state index in [1.54, 1.807) is 6.07 Å². The fourth-order valence-electron chi connectivity index (χ4n) is 3.64. The van der Waals surface area contributed by atoms with Crippen LogP contribution in [0.1, 0.15) is 17.4 Å². The number of nitrogens with zero attached hydrogens (tertiary/aromatic N) is 3. The summed E-state index contributed by atoms with van der Waals surface area (Å²) < 4.78 is 15.6. The lowest BCUT2D eigenvalue weighted by atomic mass is 10.0. The smallest absolute Gasteiger partial charge is 0.243 e. The largest absolute Gasteiger partial charge is 0.332 e. The van der Waals surface area contributed by atoms with Crippen molar-refractivity contribution in [2.24, 2.45) is 0 Å². The van der Waals surface area contributed by atoms with Gasteiger partial charge in [-0.25, -0.2) is 9.37 Å². The normalized spacial score (nSPS) is 16.4. The minimum Gasteiger partial charge on any atom is -0.332 e. The summed E-state index contributed by atoms with van der Waals surface area (Å²) in [5.41, 5.74) is 2.66. The SMILES string of the molecule is Cc1nc2ccccc2n1CC(=O)N1CCNCC1c1cccc(F)c1.Cl.Cl. The summed E-state index contributed by atoms with van der Waals surface area (Å²) in [5, 5.41) is 3.30. The molecule has 2 heterocycles. The van der Waals surface area contributed by atoms with E-state index in [2.05, 4.69) is 10.3 Å². The van der Waals surface area contributed by atoms with Gasteiger partial charge < -0.3 is 14.8 Å². The van der Waals surface area contributed by atoms with Crippen molar-refractivity contribution in [3.63, 3.8) is 0 Å². The van der Waals surface area contributed by atoms with Crippen LogP contribution < -0.4 is 5.32 Å². The molecule has 0 saturated carbocycles. The van der Waals surface area contributed by atoms with Crippen molar-refractivity contribution in [1.29, 1.82) is 0 Å². The minimum atomic E-state index is -0.281. The number of halogens is 3. The van der Waals surface area contributed by atoms with Gasteiger partial charge in [0.2, 0.25) is 5.91 Å². The molecule has 3 aromatic rings. The summed E-state index contributed by atoms with van der Waals surface area (Å²) in [4.78, 5) is 19.5. The van der Waals surface area contributed by atoms with Gasteiger partial charge in [0, 0.05) is 19.6 Å². The average Bonchev–Trinajstić information content (AvgIpc) is 2.97. The number of hydrogen-bond acceptors (Lipinski definition) is 3. The number of fused-ring (bicyclic) bond motifs is 1. The van der Waals surface area contributed by atoms with Gasteiger partial charge in [0.25, 0.3) is 0 Å². The monoisotopic (exact) mass is 424 g/mol. The van der Waals surface area contributed by atoms with Crippen LogP contribution in [0.2, 0.25) is 0 Å². The third-order valence-electron chi connectivity index (χ3n) is 4.94. The first-order valence-corrected chi connectivity index (χ1v) is 8.81. The predicted octanol–water partition coefficient (Wildman–Crippen LogP) is 3.50. The molecular formula is C20H23Cl2FN4O. The Kier molecular flexibility index (Phi) is 7.41. The van der Waals surface area contributed by atoms with Crippen LogP contribution in [0, 0.1) is 12.7 Å². The van der Waals surface area contributed by atoms with Crippen LogP contribution in [0.5, 0.6) is 0 Å². The number of aryl methyl sites for hydroxylation is 1. The molecular weight excluding hydrogens is 402 g/mol. The third kappa shape index (κ3) is 4.29. The van der Waals surface area contributed by atoms with E-state index >= 15 is 0 Å². The lowest BCUT2D eigenvalue weighted by Crippen LogP contribution is -2.49. The first kappa shape index (κ1) is 22.1. The molecule has 8 heteroatoms. The molecule has 2 aromatic carbocycles. The van der Waals surface area contributed by atoms with Crippen molar-refractivity contribution in [3.05, 3.63) is 65.7 Å². The summed E-state index contributed by atoms with van der Waals surface area (Å²) in [6, 6.07) is 14.1. The van der Waals surface area contributed by atoms with Gasteiger partial charge in [-0.2, -0.15) is 0 Å². The number of piperazine rings is 1. The summed E-state index contributed by atoms with van der Waals surface area (Å²) in [5.74, 6) is 0.556.